The summed E-state index contributed by atoms with van der Waals surface area (Å²) in [6.45, 7) is 0.574. The quantitative estimate of drug-likeness (QED) is 0.706. The second-order valence-corrected chi connectivity index (χ2v) is 4.27. The van der Waals surface area contributed by atoms with Gasteiger partial charge in [-0.3, -0.25) is 0 Å². The average Bonchev–Trinajstić information content (AvgIpc) is 2.96. The van der Waals surface area contributed by atoms with Gasteiger partial charge in [-0.2, -0.15) is 5.26 Å². The molecule has 0 aliphatic carbocycles. The standard InChI is InChI=1S/C14H12N6/c15-6-1-7-16-14-5-4-11(19-20-14)10-2-3-12-13(8-10)18-9-17-12/h2-5,8-9H,1,7H2,(H,16,20)(H,17,18). The van der Waals surface area contributed by atoms with Crippen molar-refractivity contribution in [2.24, 2.45) is 0 Å². The number of H-pyrrole nitrogens is 1. The summed E-state index contributed by atoms with van der Waals surface area (Å²) in [5.74, 6) is 0.673. The Morgan fingerprint density at radius 2 is 2.15 bits per heavy atom. The monoisotopic (exact) mass is 264 g/mol. The molecule has 0 aliphatic rings. The lowest BCUT2D eigenvalue weighted by molar-refractivity contribution is 0.992. The molecule has 98 valence electrons. The van der Waals surface area contributed by atoms with Crippen molar-refractivity contribution in [3.8, 4) is 17.3 Å². The predicted molar refractivity (Wildman–Crippen MR) is 75.8 cm³/mol. The number of rotatable bonds is 4. The van der Waals surface area contributed by atoms with E-state index in [0.29, 0.717) is 18.8 Å². The molecule has 0 atom stereocenters. The fraction of sp³-hybridized carbons (Fsp3) is 0.143. The molecule has 0 spiro atoms. The van der Waals surface area contributed by atoms with E-state index in [1.807, 2.05) is 30.3 Å². The zero-order chi connectivity index (χ0) is 13.8. The molecule has 0 saturated carbocycles. The molecule has 3 rings (SSSR count). The number of anilines is 1. The summed E-state index contributed by atoms with van der Waals surface area (Å²) < 4.78 is 0. The molecule has 2 aromatic heterocycles. The Labute approximate surface area is 115 Å². The fourth-order valence-corrected chi connectivity index (χ4v) is 1.92. The molecule has 0 radical (unpaired) electrons. The maximum absolute atomic E-state index is 8.47. The largest absolute Gasteiger partial charge is 0.368 e. The maximum atomic E-state index is 8.47. The van der Waals surface area contributed by atoms with Crippen molar-refractivity contribution in [1.29, 1.82) is 5.26 Å². The smallest absolute Gasteiger partial charge is 0.148 e. The Morgan fingerprint density at radius 1 is 1.20 bits per heavy atom. The molecule has 0 aliphatic heterocycles. The lowest BCUT2D eigenvalue weighted by atomic mass is 10.1. The molecule has 0 fully saturated rings. The number of imidazole rings is 1. The number of aromatic amines is 1. The van der Waals surface area contributed by atoms with Crippen molar-refractivity contribution in [2.45, 2.75) is 6.42 Å². The first-order chi connectivity index (χ1) is 9.86. The van der Waals surface area contributed by atoms with Crippen LogP contribution < -0.4 is 5.32 Å². The second kappa shape index (κ2) is 5.36. The summed E-state index contributed by atoms with van der Waals surface area (Å²) in [7, 11) is 0. The van der Waals surface area contributed by atoms with Crippen LogP contribution in [0.3, 0.4) is 0 Å². The Kier molecular flexibility index (Phi) is 3.25. The topological polar surface area (TPSA) is 90.3 Å². The van der Waals surface area contributed by atoms with Crippen LogP contribution in [0.2, 0.25) is 0 Å². The highest BCUT2D eigenvalue weighted by atomic mass is 15.2. The molecular formula is C14H12N6. The molecule has 20 heavy (non-hydrogen) atoms. The summed E-state index contributed by atoms with van der Waals surface area (Å²) >= 11 is 0. The molecule has 3 aromatic rings. The van der Waals surface area contributed by atoms with Gasteiger partial charge in [-0.1, -0.05) is 6.07 Å². The first-order valence-corrected chi connectivity index (χ1v) is 6.25. The van der Waals surface area contributed by atoms with Crippen molar-refractivity contribution < 1.29 is 0 Å². The lowest BCUT2D eigenvalue weighted by Crippen LogP contribution is -2.03. The summed E-state index contributed by atoms with van der Waals surface area (Å²) in [5, 5.41) is 19.8. The van der Waals surface area contributed by atoms with Gasteiger partial charge in [-0.05, 0) is 24.3 Å². The van der Waals surface area contributed by atoms with Crippen molar-refractivity contribution in [3.63, 3.8) is 0 Å². The summed E-state index contributed by atoms with van der Waals surface area (Å²) in [4.78, 5) is 7.25. The SMILES string of the molecule is N#CCCNc1ccc(-c2ccc3nc[nH]c3c2)nn1. The van der Waals surface area contributed by atoms with Crippen LogP contribution in [0.15, 0.2) is 36.7 Å². The number of nitrogens with one attached hydrogen (secondary N) is 2. The van der Waals surface area contributed by atoms with Gasteiger partial charge in [0.05, 0.1) is 35.5 Å². The molecule has 2 heterocycles. The third-order valence-corrected chi connectivity index (χ3v) is 2.92. The molecule has 0 bridgehead atoms. The highest BCUT2D eigenvalue weighted by Crippen LogP contribution is 2.21. The van der Waals surface area contributed by atoms with Crippen LogP contribution in [0, 0.1) is 11.3 Å². The summed E-state index contributed by atoms with van der Waals surface area (Å²) in [6.07, 6.45) is 2.11. The molecule has 6 heteroatoms. The normalized spacial score (nSPS) is 10.3. The molecule has 1 aromatic carbocycles. The average molecular weight is 264 g/mol. The Balaban J connectivity index is 1.81. The lowest BCUT2D eigenvalue weighted by Gasteiger charge is -2.04. The highest BCUT2D eigenvalue weighted by molar-refractivity contribution is 5.80. The van der Waals surface area contributed by atoms with Gasteiger partial charge >= 0.3 is 0 Å². The van der Waals surface area contributed by atoms with Gasteiger partial charge < -0.3 is 10.3 Å². The number of hydrogen-bond acceptors (Lipinski definition) is 5. The highest BCUT2D eigenvalue weighted by Gasteiger charge is 2.03. The molecule has 0 saturated heterocycles. The van der Waals surface area contributed by atoms with Crippen molar-refractivity contribution in [2.75, 3.05) is 11.9 Å². The van der Waals surface area contributed by atoms with E-state index in [4.69, 9.17) is 5.26 Å². The van der Waals surface area contributed by atoms with Crippen LogP contribution in [-0.4, -0.2) is 26.7 Å². The minimum atomic E-state index is 0.444. The van der Waals surface area contributed by atoms with Crippen molar-refractivity contribution in [1.82, 2.24) is 20.2 Å². The molecular weight excluding hydrogens is 252 g/mol. The number of nitrogens with zero attached hydrogens (tertiary/aromatic N) is 4. The fourth-order valence-electron chi connectivity index (χ4n) is 1.92. The van der Waals surface area contributed by atoms with Gasteiger partial charge in [-0.25, -0.2) is 4.98 Å². The van der Waals surface area contributed by atoms with Gasteiger partial charge in [0, 0.05) is 12.1 Å². The van der Waals surface area contributed by atoms with Crippen LogP contribution in [0.5, 0.6) is 0 Å². The number of benzene rings is 1. The van der Waals surface area contributed by atoms with Gasteiger partial charge in [-0.15, -0.1) is 10.2 Å². The Bertz CT molecular complexity index is 753. The zero-order valence-corrected chi connectivity index (χ0v) is 10.7. The van der Waals surface area contributed by atoms with Crippen LogP contribution in [0.1, 0.15) is 6.42 Å². The number of hydrogen-bond donors (Lipinski definition) is 2. The molecule has 2 N–H and O–H groups in total. The van der Waals surface area contributed by atoms with Crippen LogP contribution in [-0.2, 0) is 0 Å². The zero-order valence-electron chi connectivity index (χ0n) is 10.7. The Morgan fingerprint density at radius 3 is 2.95 bits per heavy atom. The van der Waals surface area contributed by atoms with E-state index in [2.05, 4.69) is 31.6 Å². The minimum Gasteiger partial charge on any atom is -0.368 e. The number of fused-ring (bicyclic) bond motifs is 1. The van der Waals surface area contributed by atoms with Crippen molar-refractivity contribution >= 4 is 16.9 Å². The van der Waals surface area contributed by atoms with E-state index in [-0.39, 0.29) is 0 Å². The first kappa shape index (κ1) is 12.1. The predicted octanol–water partition coefficient (Wildman–Crippen LogP) is 2.35. The van der Waals surface area contributed by atoms with Gasteiger partial charge in [0.2, 0.25) is 0 Å². The number of aromatic nitrogens is 4. The van der Waals surface area contributed by atoms with E-state index < -0.39 is 0 Å². The third kappa shape index (κ3) is 2.42. The Hall–Kier alpha value is -2.94. The van der Waals surface area contributed by atoms with Crippen LogP contribution >= 0.6 is 0 Å². The van der Waals surface area contributed by atoms with E-state index in [1.165, 1.54) is 0 Å². The van der Waals surface area contributed by atoms with E-state index in [0.717, 1.165) is 22.3 Å². The molecule has 0 amide bonds. The van der Waals surface area contributed by atoms with Gasteiger partial charge in [0.15, 0.2) is 0 Å². The van der Waals surface area contributed by atoms with E-state index in [1.54, 1.807) is 6.33 Å². The summed E-state index contributed by atoms with van der Waals surface area (Å²) in [6, 6.07) is 11.7. The first-order valence-electron chi connectivity index (χ1n) is 6.25. The molecule has 0 unspecified atom stereocenters. The third-order valence-electron chi connectivity index (χ3n) is 2.92. The second-order valence-electron chi connectivity index (χ2n) is 4.27. The molecule has 6 nitrogen and oxygen atoms in total. The van der Waals surface area contributed by atoms with E-state index in [9.17, 15) is 0 Å². The van der Waals surface area contributed by atoms with Gasteiger partial charge in [0.1, 0.15) is 5.82 Å². The summed E-state index contributed by atoms with van der Waals surface area (Å²) in [5.41, 5.74) is 3.68. The van der Waals surface area contributed by atoms with Crippen molar-refractivity contribution in [3.05, 3.63) is 36.7 Å². The maximum Gasteiger partial charge on any atom is 0.148 e. The number of nitriles is 1. The van der Waals surface area contributed by atoms with Crippen LogP contribution in [0.4, 0.5) is 5.82 Å². The van der Waals surface area contributed by atoms with E-state index >= 15 is 0 Å². The van der Waals surface area contributed by atoms with Crippen LogP contribution in [0.25, 0.3) is 22.3 Å². The minimum absolute atomic E-state index is 0.444. The van der Waals surface area contributed by atoms with Gasteiger partial charge in [0.25, 0.3) is 0 Å².